The second-order valence-electron chi connectivity index (χ2n) is 4.43. The van der Waals surface area contributed by atoms with Gasteiger partial charge in [-0.25, -0.2) is 0 Å². The van der Waals surface area contributed by atoms with Crippen LogP contribution in [0.25, 0.3) is 0 Å². The molecule has 1 aromatic rings. The summed E-state index contributed by atoms with van der Waals surface area (Å²) >= 11 is 5.90. The largest absolute Gasteiger partial charge is 0.493 e. The van der Waals surface area contributed by atoms with Crippen molar-refractivity contribution >= 4 is 11.6 Å². The summed E-state index contributed by atoms with van der Waals surface area (Å²) in [5.41, 5.74) is 1.11. The normalized spacial score (nSPS) is 20.8. The van der Waals surface area contributed by atoms with Crippen LogP contribution < -0.4 is 10.1 Å². The number of rotatable bonds is 3. The molecule has 16 heavy (non-hydrogen) atoms. The van der Waals surface area contributed by atoms with Gasteiger partial charge in [0.2, 0.25) is 0 Å². The van der Waals surface area contributed by atoms with Crippen LogP contribution >= 0.6 is 11.6 Å². The molecule has 1 aliphatic rings. The van der Waals surface area contributed by atoms with Crippen LogP contribution in [0.4, 0.5) is 0 Å². The van der Waals surface area contributed by atoms with Crippen LogP contribution in [0.5, 0.6) is 5.75 Å². The van der Waals surface area contributed by atoms with Gasteiger partial charge in [0, 0.05) is 17.5 Å². The van der Waals surface area contributed by atoms with Crippen LogP contribution in [-0.4, -0.2) is 19.7 Å². The van der Waals surface area contributed by atoms with Gasteiger partial charge in [0.25, 0.3) is 0 Å². The van der Waals surface area contributed by atoms with Gasteiger partial charge in [-0.05, 0) is 50.1 Å². The minimum Gasteiger partial charge on any atom is -0.493 e. The maximum atomic E-state index is 5.90. The number of halogens is 1. The summed E-state index contributed by atoms with van der Waals surface area (Å²) in [6, 6.07) is 5.77. The zero-order chi connectivity index (χ0) is 11.4. The third-order valence-corrected chi connectivity index (χ3v) is 3.25. The summed E-state index contributed by atoms with van der Waals surface area (Å²) in [7, 11) is 0. The third kappa shape index (κ3) is 3.13. The molecule has 0 radical (unpaired) electrons. The number of hydrogen-bond acceptors (Lipinski definition) is 2. The van der Waals surface area contributed by atoms with Crippen LogP contribution in [0.3, 0.4) is 0 Å². The van der Waals surface area contributed by atoms with Gasteiger partial charge in [0.15, 0.2) is 0 Å². The Morgan fingerprint density at radius 1 is 1.50 bits per heavy atom. The Balaban J connectivity index is 1.88. The van der Waals surface area contributed by atoms with Crippen molar-refractivity contribution in [2.24, 2.45) is 5.92 Å². The van der Waals surface area contributed by atoms with E-state index in [4.69, 9.17) is 16.3 Å². The maximum Gasteiger partial charge on any atom is 0.122 e. The predicted molar refractivity (Wildman–Crippen MR) is 67.3 cm³/mol. The first kappa shape index (κ1) is 11.7. The van der Waals surface area contributed by atoms with E-state index in [9.17, 15) is 0 Å². The minimum absolute atomic E-state index is 0.642. The molecule has 1 N–H and O–H groups in total. The van der Waals surface area contributed by atoms with Crippen molar-refractivity contribution in [1.82, 2.24) is 5.32 Å². The zero-order valence-corrected chi connectivity index (χ0v) is 10.4. The Labute approximate surface area is 102 Å². The number of hydrogen-bond donors (Lipinski definition) is 1. The molecule has 88 valence electrons. The fourth-order valence-corrected chi connectivity index (χ4v) is 2.28. The molecule has 1 fully saturated rings. The highest BCUT2D eigenvalue weighted by molar-refractivity contribution is 6.30. The molecule has 0 aliphatic carbocycles. The number of nitrogens with one attached hydrogen (secondary N) is 1. The van der Waals surface area contributed by atoms with Gasteiger partial charge in [-0.2, -0.15) is 0 Å². The topological polar surface area (TPSA) is 21.3 Å². The molecule has 0 aromatic heterocycles. The fraction of sp³-hybridized carbons (Fsp3) is 0.538. The predicted octanol–water partition coefficient (Wildman–Crippen LogP) is 3.03. The fourth-order valence-electron chi connectivity index (χ4n) is 2.05. The summed E-state index contributed by atoms with van der Waals surface area (Å²) in [6.07, 6.45) is 2.52. The molecular weight excluding hydrogens is 222 g/mol. The van der Waals surface area contributed by atoms with Crippen molar-refractivity contribution < 1.29 is 4.74 Å². The lowest BCUT2D eigenvalue weighted by Crippen LogP contribution is -2.33. The summed E-state index contributed by atoms with van der Waals surface area (Å²) in [6.45, 7) is 5.05. The smallest absolute Gasteiger partial charge is 0.122 e. The van der Waals surface area contributed by atoms with Crippen molar-refractivity contribution in [2.45, 2.75) is 19.8 Å². The summed E-state index contributed by atoms with van der Waals surface area (Å²) in [4.78, 5) is 0. The molecule has 1 atom stereocenters. The van der Waals surface area contributed by atoms with Crippen LogP contribution in [0.15, 0.2) is 18.2 Å². The van der Waals surface area contributed by atoms with E-state index in [1.807, 2.05) is 25.1 Å². The van der Waals surface area contributed by atoms with E-state index in [1.54, 1.807) is 0 Å². The number of benzene rings is 1. The number of ether oxygens (including phenoxy) is 1. The van der Waals surface area contributed by atoms with Gasteiger partial charge in [-0.3, -0.25) is 0 Å². The van der Waals surface area contributed by atoms with Gasteiger partial charge in [-0.15, -0.1) is 0 Å². The standard InChI is InChI=1S/C13H18ClNO/c1-10-7-12(14)4-5-13(10)16-9-11-3-2-6-15-8-11/h4-5,7,11,15H,2-3,6,8-9H2,1H3/t11-/m0/s1. The Morgan fingerprint density at radius 3 is 3.06 bits per heavy atom. The van der Waals surface area contributed by atoms with Crippen molar-refractivity contribution in [2.75, 3.05) is 19.7 Å². The van der Waals surface area contributed by atoms with Crippen molar-refractivity contribution in [3.63, 3.8) is 0 Å². The quantitative estimate of drug-likeness (QED) is 0.876. The van der Waals surface area contributed by atoms with Gasteiger partial charge in [0.05, 0.1) is 6.61 Å². The van der Waals surface area contributed by atoms with Crippen LogP contribution in [0.2, 0.25) is 5.02 Å². The lowest BCUT2D eigenvalue weighted by atomic mass is 10.0. The molecule has 0 saturated carbocycles. The van der Waals surface area contributed by atoms with Crippen molar-refractivity contribution in [3.8, 4) is 5.75 Å². The van der Waals surface area contributed by atoms with E-state index < -0.39 is 0 Å². The third-order valence-electron chi connectivity index (χ3n) is 3.01. The molecular formula is C13H18ClNO. The molecule has 0 amide bonds. The SMILES string of the molecule is Cc1cc(Cl)ccc1OC[C@H]1CCCNC1. The van der Waals surface area contributed by atoms with Crippen LogP contribution in [0.1, 0.15) is 18.4 Å². The average Bonchev–Trinajstić information content (AvgIpc) is 2.29. The first-order valence-electron chi connectivity index (χ1n) is 5.85. The van der Waals surface area contributed by atoms with Crippen LogP contribution in [-0.2, 0) is 0 Å². The Hall–Kier alpha value is -0.730. The van der Waals surface area contributed by atoms with E-state index in [-0.39, 0.29) is 0 Å². The van der Waals surface area contributed by atoms with E-state index in [2.05, 4.69) is 5.32 Å². The average molecular weight is 240 g/mol. The molecule has 1 saturated heterocycles. The second-order valence-corrected chi connectivity index (χ2v) is 4.87. The Morgan fingerprint density at radius 2 is 2.38 bits per heavy atom. The highest BCUT2D eigenvalue weighted by Crippen LogP contribution is 2.23. The molecule has 2 rings (SSSR count). The van der Waals surface area contributed by atoms with E-state index in [0.717, 1.165) is 36.0 Å². The second kappa shape index (κ2) is 5.55. The Bertz CT molecular complexity index is 348. The zero-order valence-electron chi connectivity index (χ0n) is 9.63. The van der Waals surface area contributed by atoms with Crippen molar-refractivity contribution in [1.29, 1.82) is 0 Å². The summed E-state index contributed by atoms with van der Waals surface area (Å²) in [5.74, 6) is 1.60. The van der Waals surface area contributed by atoms with Gasteiger partial charge < -0.3 is 10.1 Å². The molecule has 2 nitrogen and oxygen atoms in total. The minimum atomic E-state index is 0.642. The first-order chi connectivity index (χ1) is 7.75. The maximum absolute atomic E-state index is 5.90. The first-order valence-corrected chi connectivity index (χ1v) is 6.23. The van der Waals surface area contributed by atoms with E-state index in [1.165, 1.54) is 12.8 Å². The van der Waals surface area contributed by atoms with Gasteiger partial charge in [0.1, 0.15) is 5.75 Å². The number of piperidine rings is 1. The molecule has 0 spiro atoms. The monoisotopic (exact) mass is 239 g/mol. The highest BCUT2D eigenvalue weighted by atomic mass is 35.5. The van der Waals surface area contributed by atoms with E-state index >= 15 is 0 Å². The number of aryl methyl sites for hydroxylation is 1. The van der Waals surface area contributed by atoms with E-state index in [0.29, 0.717) is 5.92 Å². The van der Waals surface area contributed by atoms with Crippen LogP contribution in [0, 0.1) is 12.8 Å². The summed E-state index contributed by atoms with van der Waals surface area (Å²) < 4.78 is 5.83. The molecule has 0 unspecified atom stereocenters. The lowest BCUT2D eigenvalue weighted by molar-refractivity contribution is 0.217. The van der Waals surface area contributed by atoms with Crippen molar-refractivity contribution in [3.05, 3.63) is 28.8 Å². The molecule has 1 aromatic carbocycles. The summed E-state index contributed by atoms with van der Waals surface area (Å²) in [5, 5.41) is 4.16. The van der Waals surface area contributed by atoms with Gasteiger partial charge >= 0.3 is 0 Å². The van der Waals surface area contributed by atoms with Gasteiger partial charge in [-0.1, -0.05) is 11.6 Å². The molecule has 1 heterocycles. The molecule has 3 heteroatoms. The Kier molecular flexibility index (Phi) is 4.08. The molecule has 0 bridgehead atoms. The molecule has 1 aliphatic heterocycles. The highest BCUT2D eigenvalue weighted by Gasteiger charge is 2.13. The lowest BCUT2D eigenvalue weighted by Gasteiger charge is -2.23.